The molecule has 5 heteroatoms. The van der Waals surface area contributed by atoms with Crippen molar-refractivity contribution in [2.24, 2.45) is 7.05 Å². The van der Waals surface area contributed by atoms with Gasteiger partial charge in [0, 0.05) is 16.9 Å². The molecule has 0 unspecified atom stereocenters. The summed E-state index contributed by atoms with van der Waals surface area (Å²) in [6, 6.07) is 5.52. The topological polar surface area (TPSA) is 59.3 Å². The number of hydrogen-bond acceptors (Lipinski definition) is 2. The first kappa shape index (κ1) is 13.8. The molecule has 100 valence electrons. The standard InChI is InChI=1S/C14H14BrNO3/c1-7(2)11-9-6-8(15)4-5-10(9)16(3)13(17)12(11)14(18)19/h4-7H,1-3H3,(H,18,19). The average Bonchev–Trinajstić information content (AvgIpc) is 2.32. The predicted molar refractivity (Wildman–Crippen MR) is 77.9 cm³/mol. The van der Waals surface area contributed by atoms with Crippen molar-refractivity contribution in [3.63, 3.8) is 0 Å². The van der Waals surface area contributed by atoms with Gasteiger partial charge < -0.3 is 9.67 Å². The number of aromatic carboxylic acids is 1. The Hall–Kier alpha value is -1.62. The number of carboxylic acid groups (broad SMARTS) is 1. The largest absolute Gasteiger partial charge is 0.477 e. The lowest BCUT2D eigenvalue weighted by Crippen LogP contribution is -2.27. The second-order valence-corrected chi connectivity index (χ2v) is 5.69. The molecule has 0 spiro atoms. The molecular weight excluding hydrogens is 310 g/mol. The number of benzene rings is 1. The molecule has 0 radical (unpaired) electrons. The third-order valence-electron chi connectivity index (χ3n) is 3.19. The number of carboxylic acids is 1. The van der Waals surface area contributed by atoms with Gasteiger partial charge in [0.2, 0.25) is 0 Å². The van der Waals surface area contributed by atoms with Crippen LogP contribution in [-0.4, -0.2) is 15.6 Å². The maximum atomic E-state index is 12.2. The van der Waals surface area contributed by atoms with Gasteiger partial charge in [-0.15, -0.1) is 0 Å². The van der Waals surface area contributed by atoms with E-state index < -0.39 is 11.5 Å². The van der Waals surface area contributed by atoms with E-state index in [0.717, 1.165) is 15.4 Å². The fourth-order valence-corrected chi connectivity index (χ4v) is 2.71. The van der Waals surface area contributed by atoms with E-state index in [4.69, 9.17) is 0 Å². The molecule has 1 aromatic heterocycles. The van der Waals surface area contributed by atoms with Crippen molar-refractivity contribution in [1.82, 2.24) is 4.57 Å². The fourth-order valence-electron chi connectivity index (χ4n) is 2.35. The van der Waals surface area contributed by atoms with Gasteiger partial charge in [0.05, 0.1) is 5.52 Å². The van der Waals surface area contributed by atoms with Crippen LogP contribution < -0.4 is 5.56 Å². The summed E-state index contributed by atoms with van der Waals surface area (Å²) in [4.78, 5) is 23.6. The fraction of sp³-hybridized carbons (Fsp3) is 0.286. The molecular formula is C14H14BrNO3. The summed E-state index contributed by atoms with van der Waals surface area (Å²) in [5, 5.41) is 10.1. The number of fused-ring (bicyclic) bond motifs is 1. The van der Waals surface area contributed by atoms with Gasteiger partial charge >= 0.3 is 5.97 Å². The van der Waals surface area contributed by atoms with E-state index in [1.807, 2.05) is 32.0 Å². The molecule has 4 nitrogen and oxygen atoms in total. The van der Waals surface area contributed by atoms with E-state index in [0.29, 0.717) is 5.56 Å². The number of aromatic nitrogens is 1. The lowest BCUT2D eigenvalue weighted by Gasteiger charge is -2.16. The lowest BCUT2D eigenvalue weighted by molar-refractivity contribution is 0.0693. The van der Waals surface area contributed by atoms with Crippen LogP contribution in [0.25, 0.3) is 10.9 Å². The summed E-state index contributed by atoms with van der Waals surface area (Å²) < 4.78 is 2.24. The quantitative estimate of drug-likeness (QED) is 0.923. The van der Waals surface area contributed by atoms with Crippen LogP contribution in [0.1, 0.15) is 35.7 Å². The van der Waals surface area contributed by atoms with Crippen molar-refractivity contribution in [2.75, 3.05) is 0 Å². The highest BCUT2D eigenvalue weighted by Crippen LogP contribution is 2.29. The minimum absolute atomic E-state index is 0.0446. The first-order chi connectivity index (χ1) is 8.84. The molecule has 0 saturated heterocycles. The van der Waals surface area contributed by atoms with E-state index in [1.165, 1.54) is 4.57 Å². The van der Waals surface area contributed by atoms with Crippen LogP contribution in [0.5, 0.6) is 0 Å². The Labute approximate surface area is 118 Å². The number of rotatable bonds is 2. The van der Waals surface area contributed by atoms with E-state index in [2.05, 4.69) is 15.9 Å². The highest BCUT2D eigenvalue weighted by atomic mass is 79.9. The van der Waals surface area contributed by atoms with Gasteiger partial charge in [0.25, 0.3) is 5.56 Å². The minimum Gasteiger partial charge on any atom is -0.477 e. The molecule has 0 bridgehead atoms. The van der Waals surface area contributed by atoms with Crippen molar-refractivity contribution < 1.29 is 9.90 Å². The van der Waals surface area contributed by atoms with Gasteiger partial charge in [-0.3, -0.25) is 4.79 Å². The van der Waals surface area contributed by atoms with Crippen molar-refractivity contribution >= 4 is 32.8 Å². The highest BCUT2D eigenvalue weighted by molar-refractivity contribution is 9.10. The SMILES string of the molecule is CC(C)c1c(C(=O)O)c(=O)n(C)c2ccc(Br)cc12. The number of hydrogen-bond donors (Lipinski definition) is 1. The number of nitrogens with zero attached hydrogens (tertiary/aromatic N) is 1. The number of pyridine rings is 1. The molecule has 0 aliphatic carbocycles. The Kier molecular flexibility index (Phi) is 3.49. The zero-order valence-corrected chi connectivity index (χ0v) is 12.5. The van der Waals surface area contributed by atoms with Crippen molar-refractivity contribution in [2.45, 2.75) is 19.8 Å². The maximum Gasteiger partial charge on any atom is 0.341 e. The van der Waals surface area contributed by atoms with E-state index in [-0.39, 0.29) is 11.5 Å². The molecule has 0 amide bonds. The predicted octanol–water partition coefficient (Wildman–Crippen LogP) is 3.12. The number of aryl methyl sites for hydroxylation is 1. The summed E-state index contributed by atoms with van der Waals surface area (Å²) in [6.07, 6.45) is 0. The highest BCUT2D eigenvalue weighted by Gasteiger charge is 2.22. The van der Waals surface area contributed by atoms with E-state index in [1.54, 1.807) is 7.05 Å². The molecule has 2 aromatic rings. The second kappa shape index (κ2) is 4.81. The second-order valence-electron chi connectivity index (χ2n) is 4.77. The smallest absolute Gasteiger partial charge is 0.341 e. The summed E-state index contributed by atoms with van der Waals surface area (Å²) in [6.45, 7) is 3.78. The maximum absolute atomic E-state index is 12.2. The Morgan fingerprint density at radius 3 is 2.53 bits per heavy atom. The van der Waals surface area contributed by atoms with Gasteiger partial charge in [0.15, 0.2) is 0 Å². The number of halogens is 1. The minimum atomic E-state index is -1.17. The van der Waals surface area contributed by atoms with Crippen LogP contribution in [0.4, 0.5) is 0 Å². The van der Waals surface area contributed by atoms with E-state index >= 15 is 0 Å². The van der Waals surface area contributed by atoms with Gasteiger partial charge in [-0.2, -0.15) is 0 Å². The summed E-state index contributed by atoms with van der Waals surface area (Å²) >= 11 is 3.39. The van der Waals surface area contributed by atoms with Gasteiger partial charge in [-0.05, 0) is 29.7 Å². The third-order valence-corrected chi connectivity index (χ3v) is 3.68. The molecule has 1 aromatic carbocycles. The van der Waals surface area contributed by atoms with Crippen LogP contribution in [0.2, 0.25) is 0 Å². The van der Waals surface area contributed by atoms with Gasteiger partial charge in [-0.25, -0.2) is 4.79 Å². The zero-order chi connectivity index (χ0) is 14.3. The van der Waals surface area contributed by atoms with Crippen LogP contribution in [0.3, 0.4) is 0 Å². The molecule has 19 heavy (non-hydrogen) atoms. The molecule has 0 aliphatic heterocycles. The van der Waals surface area contributed by atoms with Gasteiger partial charge in [0.1, 0.15) is 5.56 Å². The average molecular weight is 324 g/mol. The molecule has 2 rings (SSSR count). The molecule has 0 aliphatic rings. The van der Waals surface area contributed by atoms with E-state index in [9.17, 15) is 14.7 Å². The van der Waals surface area contributed by atoms with Crippen LogP contribution in [0.15, 0.2) is 27.5 Å². The monoisotopic (exact) mass is 323 g/mol. The zero-order valence-electron chi connectivity index (χ0n) is 10.9. The molecule has 0 atom stereocenters. The first-order valence-electron chi connectivity index (χ1n) is 5.90. The van der Waals surface area contributed by atoms with Crippen molar-refractivity contribution in [1.29, 1.82) is 0 Å². The third kappa shape index (κ3) is 2.18. The summed E-state index contributed by atoms with van der Waals surface area (Å²) in [5.41, 5.74) is 0.725. The Morgan fingerprint density at radius 2 is 2.00 bits per heavy atom. The van der Waals surface area contributed by atoms with Crippen LogP contribution in [-0.2, 0) is 7.05 Å². The normalized spacial score (nSPS) is 11.2. The first-order valence-corrected chi connectivity index (χ1v) is 6.69. The van der Waals surface area contributed by atoms with Crippen LogP contribution >= 0.6 is 15.9 Å². The Balaban J connectivity index is 3.10. The number of carbonyl (C=O) groups is 1. The summed E-state index contributed by atoms with van der Waals surface area (Å²) in [7, 11) is 1.59. The summed E-state index contributed by atoms with van der Waals surface area (Å²) in [5.74, 6) is -1.22. The van der Waals surface area contributed by atoms with Crippen molar-refractivity contribution in [3.05, 3.63) is 44.2 Å². The molecule has 0 fully saturated rings. The Morgan fingerprint density at radius 1 is 1.37 bits per heavy atom. The van der Waals surface area contributed by atoms with Gasteiger partial charge in [-0.1, -0.05) is 29.8 Å². The Bertz CT molecular complexity index is 732. The van der Waals surface area contributed by atoms with Crippen LogP contribution in [0, 0.1) is 0 Å². The lowest BCUT2D eigenvalue weighted by atomic mass is 9.93. The molecule has 1 heterocycles. The van der Waals surface area contributed by atoms with Crippen molar-refractivity contribution in [3.8, 4) is 0 Å². The molecule has 0 saturated carbocycles. The molecule has 1 N–H and O–H groups in total.